The number of aromatic nitrogens is 6. The van der Waals surface area contributed by atoms with Crippen LogP contribution in [0.3, 0.4) is 0 Å². The molecule has 0 spiro atoms. The van der Waals surface area contributed by atoms with Crippen molar-refractivity contribution in [3.05, 3.63) is 120 Å². The van der Waals surface area contributed by atoms with Crippen LogP contribution in [-0.4, -0.2) is 67.0 Å². The highest BCUT2D eigenvalue weighted by atomic mass is 35.5. The largest absolute Gasteiger partial charge is 0.469 e. The van der Waals surface area contributed by atoms with Gasteiger partial charge in [0.25, 0.3) is 7.28 Å². The zero-order valence-electron chi connectivity index (χ0n) is 30.3. The van der Waals surface area contributed by atoms with Gasteiger partial charge in [-0.2, -0.15) is 0 Å². The average molecular weight is 796 g/mol. The second-order valence-corrected chi connectivity index (χ2v) is 16.5. The maximum atomic E-state index is 14.4. The Balaban J connectivity index is 1.21. The third kappa shape index (κ3) is 6.24. The molecule has 0 bridgehead atoms. The molecule has 6 aromatic rings. The summed E-state index contributed by atoms with van der Waals surface area (Å²) in [6, 6.07) is 13.9. The van der Waals surface area contributed by atoms with Gasteiger partial charge in [-0.05, 0) is 74.8 Å². The molecule has 272 valence electrons. The zero-order chi connectivity index (χ0) is 38.0. The number of halogens is 2. The number of rotatable bonds is 8. The van der Waals surface area contributed by atoms with Crippen molar-refractivity contribution in [1.82, 2.24) is 29.5 Å². The van der Waals surface area contributed by atoms with Gasteiger partial charge >= 0.3 is 5.97 Å². The topological polar surface area (TPSA) is 130 Å². The summed E-state index contributed by atoms with van der Waals surface area (Å²) >= 11 is 15.8. The Morgan fingerprint density at radius 3 is 1.70 bits per heavy atom. The van der Waals surface area contributed by atoms with E-state index < -0.39 is 18.1 Å². The summed E-state index contributed by atoms with van der Waals surface area (Å²) in [5.74, 6) is 2.12. The maximum Gasteiger partial charge on any atom is 0.308 e. The zero-order valence-corrected chi connectivity index (χ0v) is 33.4. The fourth-order valence-electron chi connectivity index (χ4n) is 7.08. The summed E-state index contributed by atoms with van der Waals surface area (Å²) < 4.78 is 9.92. The molecule has 0 unspecified atom stereocenters. The normalized spacial score (nSPS) is 15.9. The monoisotopic (exact) mass is 794 g/mol. The number of carbonyl (C=O) groups excluding carboxylic acids is 2. The van der Waals surface area contributed by atoms with Crippen molar-refractivity contribution in [3.63, 3.8) is 0 Å². The number of hydrogen-bond acceptors (Lipinski definition) is 11. The van der Waals surface area contributed by atoms with E-state index in [1.165, 1.54) is 23.3 Å². The molecule has 0 saturated heterocycles. The van der Waals surface area contributed by atoms with Crippen molar-refractivity contribution in [2.45, 2.75) is 59.5 Å². The molecule has 2 aliphatic heterocycles. The lowest BCUT2D eigenvalue weighted by atomic mass is 9.67. The Labute approximate surface area is 330 Å². The van der Waals surface area contributed by atoms with Crippen LogP contribution in [-0.2, 0) is 14.3 Å². The standard InChI is InChI=1S/C38H33BCl2N8O3S2/c1-17-19(3)53-37-30(17)32(22-7-11-24(40)12-8-22)42-26(35-46-44-20(4)48(35)37)15-28(50)39-34-18(2)31-33(23-9-13-25(41)14-10-23)43-27(16-29(51)52-6)36-47-45-21(5)49(36)38(31)54-34/h7-14,26-27,39H,15-16H2,1-6H3/t26-,27-/m0/s1. The Bertz CT molecular complexity index is 2550. The van der Waals surface area contributed by atoms with E-state index in [1.807, 2.05) is 73.9 Å². The third-order valence-electron chi connectivity index (χ3n) is 9.94. The van der Waals surface area contributed by atoms with Gasteiger partial charge < -0.3 is 9.53 Å². The molecule has 54 heavy (non-hydrogen) atoms. The van der Waals surface area contributed by atoms with Gasteiger partial charge in [-0.3, -0.25) is 23.9 Å². The van der Waals surface area contributed by atoms with Gasteiger partial charge in [0.05, 0.1) is 30.6 Å². The Morgan fingerprint density at radius 1 is 0.704 bits per heavy atom. The van der Waals surface area contributed by atoms with Gasteiger partial charge in [-0.15, -0.1) is 43.1 Å². The van der Waals surface area contributed by atoms with Crippen LogP contribution in [0.25, 0.3) is 10.0 Å². The number of aliphatic imine (C=N–C) groups is 2. The van der Waals surface area contributed by atoms with Crippen molar-refractivity contribution in [2.24, 2.45) is 9.98 Å². The van der Waals surface area contributed by atoms with Crippen LogP contribution in [0.4, 0.5) is 0 Å². The summed E-state index contributed by atoms with van der Waals surface area (Å²) in [5.41, 5.74) is 7.10. The molecular weight excluding hydrogens is 762 g/mol. The molecule has 4 aromatic heterocycles. The molecule has 11 nitrogen and oxygen atoms in total. The fourth-order valence-corrected chi connectivity index (χ4v) is 9.93. The minimum Gasteiger partial charge on any atom is -0.469 e. The second kappa shape index (κ2) is 14.1. The van der Waals surface area contributed by atoms with Crippen LogP contribution in [0, 0.1) is 34.6 Å². The molecule has 0 aliphatic carbocycles. The first-order valence-electron chi connectivity index (χ1n) is 17.3. The minimum absolute atomic E-state index is 0.00155. The summed E-state index contributed by atoms with van der Waals surface area (Å²) in [6.07, 6.45) is 0.0984. The molecule has 0 amide bonds. The van der Waals surface area contributed by atoms with Crippen molar-refractivity contribution < 1.29 is 14.3 Å². The maximum absolute atomic E-state index is 14.4. The van der Waals surface area contributed by atoms with Gasteiger partial charge in [-0.25, -0.2) is 0 Å². The van der Waals surface area contributed by atoms with Crippen molar-refractivity contribution in [2.75, 3.05) is 7.11 Å². The lowest BCUT2D eigenvalue weighted by Gasteiger charge is -2.13. The molecule has 8 rings (SSSR count). The first-order valence-corrected chi connectivity index (χ1v) is 19.7. The van der Waals surface area contributed by atoms with E-state index in [9.17, 15) is 9.59 Å². The third-order valence-corrected chi connectivity index (χ3v) is 12.9. The minimum atomic E-state index is -0.646. The Hall–Kier alpha value is -4.76. The van der Waals surface area contributed by atoms with E-state index in [0.29, 0.717) is 33.2 Å². The molecule has 0 saturated carbocycles. The number of aryl methyl sites for hydroxylation is 3. The van der Waals surface area contributed by atoms with Crippen molar-refractivity contribution in [1.29, 1.82) is 0 Å². The average Bonchev–Trinajstić information content (AvgIpc) is 3.84. The van der Waals surface area contributed by atoms with Crippen LogP contribution in [0.5, 0.6) is 0 Å². The number of carbonyl (C=O) groups is 2. The molecule has 0 radical (unpaired) electrons. The lowest BCUT2D eigenvalue weighted by Crippen LogP contribution is -2.25. The van der Waals surface area contributed by atoms with E-state index >= 15 is 0 Å². The van der Waals surface area contributed by atoms with E-state index in [0.717, 1.165) is 59.7 Å². The number of ether oxygens (including phenoxy) is 1. The number of fused-ring (bicyclic) bond motifs is 6. The number of thiophene rings is 2. The molecule has 2 aromatic carbocycles. The number of methoxy groups -OCH3 is 1. The van der Waals surface area contributed by atoms with Gasteiger partial charge in [0.2, 0.25) is 0 Å². The molecule has 16 heteroatoms. The van der Waals surface area contributed by atoms with Gasteiger partial charge in [0.1, 0.15) is 33.7 Å². The number of benzene rings is 2. The summed E-state index contributed by atoms with van der Waals surface area (Å²) in [7, 11) is 1.52. The Kier molecular flexibility index (Phi) is 9.49. The van der Waals surface area contributed by atoms with E-state index in [2.05, 4.69) is 38.8 Å². The summed E-state index contributed by atoms with van der Waals surface area (Å²) in [6.45, 7) is 10.0. The predicted molar refractivity (Wildman–Crippen MR) is 215 cm³/mol. The predicted octanol–water partition coefficient (Wildman–Crippen LogP) is 6.85. The van der Waals surface area contributed by atoms with Crippen LogP contribution in [0.1, 0.15) is 86.5 Å². The first-order chi connectivity index (χ1) is 25.9. The molecule has 0 fully saturated rings. The lowest BCUT2D eigenvalue weighted by molar-refractivity contribution is -0.141. The highest BCUT2D eigenvalue weighted by Crippen LogP contribution is 2.40. The van der Waals surface area contributed by atoms with Crippen LogP contribution >= 0.6 is 45.9 Å². The SMILES string of the molecule is COC(=O)C[C@@H]1N=C(c2ccc(Cl)cc2)c2c(sc(BC(=O)C[C@@H]3N=C(c4ccc(Cl)cc4)c4c(sc(C)c4C)-n4c(C)nnc43)c2C)-n2c(C)nnc21. The fraction of sp³-hybridized carbons (Fsp3) is 0.263. The van der Waals surface area contributed by atoms with Crippen LogP contribution in [0.2, 0.25) is 10.0 Å². The second-order valence-electron chi connectivity index (χ2n) is 13.4. The molecular formula is C38H33BCl2N8O3S2. The number of hydrogen-bond donors (Lipinski definition) is 0. The van der Waals surface area contributed by atoms with E-state index in [-0.39, 0.29) is 25.8 Å². The molecule has 2 atom stereocenters. The Morgan fingerprint density at radius 2 is 1.19 bits per heavy atom. The highest BCUT2D eigenvalue weighted by molar-refractivity contribution is 7.26. The van der Waals surface area contributed by atoms with Gasteiger partial charge in [0.15, 0.2) is 11.6 Å². The molecule has 0 N–H and O–H groups in total. The quantitative estimate of drug-likeness (QED) is 0.122. The molecule has 2 aliphatic rings. The van der Waals surface area contributed by atoms with Gasteiger partial charge in [-0.1, -0.05) is 47.5 Å². The number of esters is 1. The molecule has 6 heterocycles. The van der Waals surface area contributed by atoms with Crippen molar-refractivity contribution in [3.8, 4) is 10.0 Å². The summed E-state index contributed by atoms with van der Waals surface area (Å²) in [4.78, 5) is 38.6. The van der Waals surface area contributed by atoms with Crippen LogP contribution < -0.4 is 4.78 Å². The van der Waals surface area contributed by atoms with Crippen molar-refractivity contribution >= 4 is 81.0 Å². The number of nitrogens with zero attached hydrogens (tertiary/aromatic N) is 8. The van der Waals surface area contributed by atoms with Crippen LogP contribution in [0.15, 0.2) is 58.5 Å². The van der Waals surface area contributed by atoms with Gasteiger partial charge in [0, 0.05) is 43.6 Å². The highest BCUT2D eigenvalue weighted by Gasteiger charge is 2.36. The van der Waals surface area contributed by atoms with E-state index in [1.54, 1.807) is 11.3 Å². The smallest absolute Gasteiger partial charge is 0.308 e. The first kappa shape index (κ1) is 36.2. The summed E-state index contributed by atoms with van der Waals surface area (Å²) in [5, 5.41) is 20.9. The van der Waals surface area contributed by atoms with E-state index in [4.69, 9.17) is 37.9 Å².